The summed E-state index contributed by atoms with van der Waals surface area (Å²) < 4.78 is 5.55. The summed E-state index contributed by atoms with van der Waals surface area (Å²) in [4.78, 5) is 7.67. The zero-order valence-electron chi connectivity index (χ0n) is 20.9. The predicted octanol–water partition coefficient (Wildman–Crippen LogP) is 5.07. The van der Waals surface area contributed by atoms with Crippen LogP contribution in [0.5, 0.6) is 0 Å². The Hall–Kier alpha value is -1.71. The van der Waals surface area contributed by atoms with E-state index in [1.807, 2.05) is 42.4 Å². The number of anilines is 2. The molecule has 35 heavy (non-hydrogen) atoms. The van der Waals surface area contributed by atoms with Gasteiger partial charge >= 0.3 is 0 Å². The predicted molar refractivity (Wildman–Crippen MR) is 155 cm³/mol. The van der Waals surface area contributed by atoms with Gasteiger partial charge in [0.15, 0.2) is 0 Å². The number of aromatic nitrogens is 3. The fourth-order valence-corrected chi connectivity index (χ4v) is 8.87. The third kappa shape index (κ3) is 5.83. The first-order chi connectivity index (χ1) is 16.6. The number of rotatable bonds is 7. The summed E-state index contributed by atoms with van der Waals surface area (Å²) >= 11 is 19.9. The Kier molecular flexibility index (Phi) is 8.08. The summed E-state index contributed by atoms with van der Waals surface area (Å²) in [7, 11) is -0.370. The molecular formula is C25H34Cl2N6S2. The van der Waals surface area contributed by atoms with Gasteiger partial charge in [0.25, 0.3) is 0 Å². The molecule has 1 aromatic carbocycles. The SMILES string of the molecule is Cc1c(N[SH](C)(=S)c2c(Cl)cc(-c3ccnc(N4CCNCC4)c3)cc2Cl)c(CC(C)C)nn1C. The van der Waals surface area contributed by atoms with Crippen LogP contribution in [0.4, 0.5) is 11.5 Å². The fourth-order valence-electron chi connectivity index (χ4n) is 4.43. The van der Waals surface area contributed by atoms with Gasteiger partial charge in [-0.1, -0.05) is 48.2 Å². The maximum absolute atomic E-state index is 6.87. The molecule has 0 bridgehead atoms. The van der Waals surface area contributed by atoms with Crippen molar-refractivity contribution in [2.24, 2.45) is 13.0 Å². The number of thiol groups is 1. The van der Waals surface area contributed by atoms with E-state index in [-0.39, 0.29) is 0 Å². The summed E-state index contributed by atoms with van der Waals surface area (Å²) in [6.07, 6.45) is 4.75. The molecule has 0 atom stereocenters. The van der Waals surface area contributed by atoms with E-state index in [4.69, 9.17) is 39.5 Å². The Morgan fingerprint density at radius 2 is 1.80 bits per heavy atom. The third-order valence-corrected chi connectivity index (χ3v) is 9.96. The molecule has 0 aliphatic carbocycles. The highest BCUT2D eigenvalue weighted by atomic mass is 35.5. The Balaban J connectivity index is 1.66. The molecule has 0 amide bonds. The summed E-state index contributed by atoms with van der Waals surface area (Å²) in [5, 5.41) is 9.26. The molecule has 0 spiro atoms. The molecule has 1 fully saturated rings. The Bertz CT molecular complexity index is 1240. The van der Waals surface area contributed by atoms with E-state index in [2.05, 4.69) is 46.8 Å². The molecule has 3 heterocycles. The lowest BCUT2D eigenvalue weighted by molar-refractivity contribution is 0.585. The smallest absolute Gasteiger partial charge is 0.129 e. The topological polar surface area (TPSA) is 58.0 Å². The minimum Gasteiger partial charge on any atom is -0.354 e. The molecule has 190 valence electrons. The van der Waals surface area contributed by atoms with Gasteiger partial charge < -0.3 is 14.9 Å². The molecule has 0 radical (unpaired) electrons. The van der Waals surface area contributed by atoms with Gasteiger partial charge in [-0.15, -0.1) is 8.77 Å². The lowest BCUT2D eigenvalue weighted by Crippen LogP contribution is -2.43. The number of halogens is 2. The standard InChI is InChI=1S/C25H34Cl2N6S2/c1-16(2)12-22-24(17(3)32(4)30-22)31-35(5,34)25-20(26)13-19(14-21(25)27)18-6-7-29-23(15-18)33-10-8-28-9-11-33/h6-7,13-16,28,35H,8-12H2,1-5H3,(H,31,34). The molecule has 1 aliphatic heterocycles. The average molecular weight is 554 g/mol. The molecule has 3 aromatic rings. The molecule has 2 N–H and O–H groups in total. The van der Waals surface area contributed by atoms with E-state index < -0.39 is 8.77 Å². The van der Waals surface area contributed by atoms with Crippen LogP contribution in [-0.4, -0.2) is 47.2 Å². The second-order valence-corrected chi connectivity index (χ2v) is 15.1. The zero-order valence-corrected chi connectivity index (χ0v) is 24.1. The number of aryl methyl sites for hydroxylation is 1. The van der Waals surface area contributed by atoms with E-state index in [9.17, 15) is 0 Å². The van der Waals surface area contributed by atoms with Gasteiger partial charge in [-0.25, -0.2) is 4.98 Å². The van der Waals surface area contributed by atoms with Crippen molar-refractivity contribution in [3.63, 3.8) is 0 Å². The first-order valence-corrected chi connectivity index (χ1v) is 15.9. The van der Waals surface area contributed by atoms with Crippen LogP contribution in [0, 0.1) is 12.8 Å². The van der Waals surface area contributed by atoms with Crippen molar-refractivity contribution in [1.29, 1.82) is 0 Å². The summed E-state index contributed by atoms with van der Waals surface area (Å²) in [6.45, 7) is 10.2. The highest BCUT2D eigenvalue weighted by molar-refractivity contribution is 8.40. The quantitative estimate of drug-likeness (QED) is 0.356. The van der Waals surface area contributed by atoms with Crippen molar-refractivity contribution in [3.05, 3.63) is 51.9 Å². The van der Waals surface area contributed by atoms with Crippen LogP contribution in [0.2, 0.25) is 10.0 Å². The average Bonchev–Trinajstić information content (AvgIpc) is 3.05. The normalized spacial score (nSPS) is 15.0. The summed E-state index contributed by atoms with van der Waals surface area (Å²) in [6, 6.07) is 8.03. The molecular weight excluding hydrogens is 519 g/mol. The van der Waals surface area contributed by atoms with Gasteiger partial charge in [0.1, 0.15) is 5.82 Å². The first kappa shape index (κ1) is 26.4. The number of nitrogens with zero attached hydrogens (tertiary/aromatic N) is 4. The van der Waals surface area contributed by atoms with Crippen molar-refractivity contribution in [2.45, 2.75) is 32.1 Å². The number of piperazine rings is 1. The van der Waals surface area contributed by atoms with Crippen LogP contribution in [0.25, 0.3) is 11.1 Å². The van der Waals surface area contributed by atoms with Crippen molar-refractivity contribution < 1.29 is 0 Å². The lowest BCUT2D eigenvalue weighted by atomic mass is 10.1. The van der Waals surface area contributed by atoms with Crippen LogP contribution in [0.1, 0.15) is 25.2 Å². The van der Waals surface area contributed by atoms with E-state index in [0.717, 1.165) is 71.5 Å². The Morgan fingerprint density at radius 3 is 2.43 bits per heavy atom. The van der Waals surface area contributed by atoms with Crippen LogP contribution in [-0.2, 0) is 33.4 Å². The molecule has 6 nitrogen and oxygen atoms in total. The van der Waals surface area contributed by atoms with Crippen molar-refractivity contribution in [2.75, 3.05) is 42.1 Å². The zero-order chi connectivity index (χ0) is 25.3. The maximum Gasteiger partial charge on any atom is 0.129 e. The summed E-state index contributed by atoms with van der Waals surface area (Å²) in [5.41, 5.74) is 5.06. The Morgan fingerprint density at radius 1 is 1.14 bits per heavy atom. The van der Waals surface area contributed by atoms with Crippen LogP contribution < -0.4 is 14.9 Å². The minimum atomic E-state index is -2.33. The fraction of sp³-hybridized carbons (Fsp3) is 0.440. The molecule has 10 heteroatoms. The highest BCUT2D eigenvalue weighted by Gasteiger charge is 2.23. The number of hydrogen-bond acceptors (Lipinski definition) is 5. The van der Waals surface area contributed by atoms with E-state index in [0.29, 0.717) is 16.0 Å². The molecule has 0 unspecified atom stereocenters. The van der Waals surface area contributed by atoms with Gasteiger partial charge in [-0.2, -0.15) is 5.10 Å². The molecule has 1 aliphatic rings. The molecule has 0 saturated carbocycles. The number of benzene rings is 1. The van der Waals surface area contributed by atoms with E-state index in [1.165, 1.54) is 0 Å². The maximum atomic E-state index is 6.87. The second-order valence-electron chi connectivity index (χ2n) is 9.59. The van der Waals surface area contributed by atoms with E-state index in [1.54, 1.807) is 0 Å². The van der Waals surface area contributed by atoms with Gasteiger partial charge in [0.05, 0.1) is 27.1 Å². The van der Waals surface area contributed by atoms with Gasteiger partial charge in [-0.05, 0) is 60.9 Å². The van der Waals surface area contributed by atoms with Gasteiger partial charge in [0, 0.05) is 44.3 Å². The van der Waals surface area contributed by atoms with Gasteiger partial charge in [-0.3, -0.25) is 4.68 Å². The summed E-state index contributed by atoms with van der Waals surface area (Å²) in [5.74, 6) is 1.45. The third-order valence-electron chi connectivity index (χ3n) is 6.30. The highest BCUT2D eigenvalue weighted by Crippen LogP contribution is 2.39. The Labute approximate surface area is 224 Å². The van der Waals surface area contributed by atoms with Crippen LogP contribution >= 0.6 is 23.2 Å². The van der Waals surface area contributed by atoms with Crippen LogP contribution in [0.3, 0.4) is 0 Å². The molecule has 4 rings (SSSR count). The first-order valence-electron chi connectivity index (χ1n) is 11.9. The number of nitrogens with one attached hydrogen (secondary N) is 2. The second kappa shape index (κ2) is 10.7. The largest absolute Gasteiger partial charge is 0.354 e. The van der Waals surface area contributed by atoms with Crippen molar-refractivity contribution >= 4 is 54.7 Å². The molecule has 2 aromatic heterocycles. The van der Waals surface area contributed by atoms with Crippen molar-refractivity contribution in [1.82, 2.24) is 20.1 Å². The monoisotopic (exact) mass is 552 g/mol. The number of pyridine rings is 1. The number of hydrogen-bond donors (Lipinski definition) is 3. The van der Waals surface area contributed by atoms with Crippen molar-refractivity contribution in [3.8, 4) is 11.1 Å². The molecule has 1 saturated heterocycles. The van der Waals surface area contributed by atoms with Gasteiger partial charge in [0.2, 0.25) is 0 Å². The minimum absolute atomic E-state index is 0.484. The van der Waals surface area contributed by atoms with E-state index >= 15 is 0 Å². The lowest BCUT2D eigenvalue weighted by Gasteiger charge is -2.29. The van der Waals surface area contributed by atoms with Crippen LogP contribution in [0.15, 0.2) is 35.4 Å².